The van der Waals surface area contributed by atoms with Gasteiger partial charge in [-0.05, 0) is 48.7 Å². The number of nitrogens with zero attached hydrogens (tertiary/aromatic N) is 1. The molecule has 1 saturated heterocycles. The molecular weight excluding hydrogens is 356 g/mol. The van der Waals surface area contributed by atoms with Gasteiger partial charge in [0.15, 0.2) is 0 Å². The zero-order valence-electron chi connectivity index (χ0n) is 16.3. The molecule has 1 unspecified atom stereocenters. The van der Waals surface area contributed by atoms with Gasteiger partial charge >= 0.3 is 0 Å². The number of nitrogens with one attached hydrogen (secondary N) is 1. The third-order valence-corrected chi connectivity index (χ3v) is 4.75. The maximum absolute atomic E-state index is 12.8. The summed E-state index contributed by atoms with van der Waals surface area (Å²) in [6.45, 7) is 1.75. The highest BCUT2D eigenvalue weighted by molar-refractivity contribution is 5.95. The number of benzene rings is 2. The molecule has 1 fully saturated rings. The third-order valence-electron chi connectivity index (χ3n) is 4.75. The van der Waals surface area contributed by atoms with Crippen LogP contribution in [0.4, 0.5) is 0 Å². The van der Waals surface area contributed by atoms with Gasteiger partial charge in [-0.1, -0.05) is 18.2 Å². The predicted octanol–water partition coefficient (Wildman–Crippen LogP) is 2.88. The largest absolute Gasteiger partial charge is 0.491 e. The molecule has 28 heavy (non-hydrogen) atoms. The second-order valence-corrected chi connectivity index (χ2v) is 6.91. The van der Waals surface area contributed by atoms with Crippen LogP contribution in [0.15, 0.2) is 48.5 Å². The summed E-state index contributed by atoms with van der Waals surface area (Å²) in [7, 11) is 3.36. The van der Waals surface area contributed by atoms with Crippen molar-refractivity contribution in [3.8, 4) is 5.75 Å². The van der Waals surface area contributed by atoms with Crippen LogP contribution < -0.4 is 10.1 Å². The van der Waals surface area contributed by atoms with Crippen molar-refractivity contribution < 1.29 is 19.1 Å². The summed E-state index contributed by atoms with van der Waals surface area (Å²) in [5, 5.41) is 2.59. The molecule has 2 aromatic carbocycles. The van der Waals surface area contributed by atoms with Crippen LogP contribution in [0.5, 0.6) is 5.75 Å². The smallest absolute Gasteiger partial charge is 0.254 e. The number of hydrogen-bond acceptors (Lipinski definition) is 4. The molecule has 2 aromatic rings. The average molecular weight is 382 g/mol. The summed E-state index contributed by atoms with van der Waals surface area (Å²) in [5.41, 5.74) is 2.12. The van der Waals surface area contributed by atoms with Crippen LogP contribution >= 0.6 is 0 Å². The molecule has 0 bridgehead atoms. The lowest BCUT2D eigenvalue weighted by atomic mass is 10.1. The molecule has 0 radical (unpaired) electrons. The second kappa shape index (κ2) is 9.37. The fourth-order valence-electron chi connectivity index (χ4n) is 3.16. The first-order valence-electron chi connectivity index (χ1n) is 9.48. The number of carbonyl (C=O) groups is 2. The fraction of sp³-hybridized carbons (Fsp3) is 0.364. The van der Waals surface area contributed by atoms with E-state index in [0.29, 0.717) is 30.0 Å². The standard InChI is InChI=1S/C22H26N2O4/c1-23-21(25)17-10-8-16(9-11-17)14-24(2)22(26)18-5-3-6-19(13-18)28-15-20-7-4-12-27-20/h3,5-6,8-11,13,20H,4,7,12,14-15H2,1-2H3,(H,23,25). The number of rotatable bonds is 7. The van der Waals surface area contributed by atoms with E-state index in [2.05, 4.69) is 5.32 Å². The second-order valence-electron chi connectivity index (χ2n) is 6.91. The van der Waals surface area contributed by atoms with Gasteiger partial charge in [-0.2, -0.15) is 0 Å². The zero-order valence-corrected chi connectivity index (χ0v) is 16.3. The SMILES string of the molecule is CNC(=O)c1ccc(CN(C)C(=O)c2cccc(OCC3CCCO3)c2)cc1. The molecule has 0 spiro atoms. The Morgan fingerprint density at radius 3 is 2.64 bits per heavy atom. The van der Waals surface area contributed by atoms with Gasteiger partial charge in [0.05, 0.1) is 6.10 Å². The number of hydrogen-bond donors (Lipinski definition) is 1. The molecule has 6 heteroatoms. The molecule has 1 atom stereocenters. The van der Waals surface area contributed by atoms with E-state index in [1.165, 1.54) is 0 Å². The van der Waals surface area contributed by atoms with Gasteiger partial charge in [0.1, 0.15) is 12.4 Å². The minimum atomic E-state index is -0.129. The minimum Gasteiger partial charge on any atom is -0.491 e. The highest BCUT2D eigenvalue weighted by Gasteiger charge is 2.17. The molecule has 2 amide bonds. The van der Waals surface area contributed by atoms with Crippen LogP contribution in [0, 0.1) is 0 Å². The van der Waals surface area contributed by atoms with E-state index in [-0.39, 0.29) is 17.9 Å². The summed E-state index contributed by atoms with van der Waals surface area (Å²) in [6, 6.07) is 14.4. The van der Waals surface area contributed by atoms with Crippen molar-refractivity contribution >= 4 is 11.8 Å². The first-order valence-corrected chi connectivity index (χ1v) is 9.48. The normalized spacial score (nSPS) is 15.9. The molecule has 148 valence electrons. The van der Waals surface area contributed by atoms with Crippen molar-refractivity contribution in [2.75, 3.05) is 27.3 Å². The summed E-state index contributed by atoms with van der Waals surface area (Å²) in [6.07, 6.45) is 2.22. The van der Waals surface area contributed by atoms with Crippen LogP contribution in [0.2, 0.25) is 0 Å². The Labute approximate surface area is 165 Å². The van der Waals surface area contributed by atoms with Crippen molar-refractivity contribution in [2.24, 2.45) is 0 Å². The number of ether oxygens (including phenoxy) is 2. The Morgan fingerprint density at radius 2 is 1.96 bits per heavy atom. The molecule has 1 aliphatic rings. The van der Waals surface area contributed by atoms with E-state index in [0.717, 1.165) is 25.0 Å². The molecule has 0 saturated carbocycles. The Hall–Kier alpha value is -2.86. The van der Waals surface area contributed by atoms with E-state index < -0.39 is 0 Å². The van der Waals surface area contributed by atoms with E-state index in [9.17, 15) is 9.59 Å². The quantitative estimate of drug-likeness (QED) is 0.800. The lowest BCUT2D eigenvalue weighted by molar-refractivity contribution is 0.0678. The van der Waals surface area contributed by atoms with Gasteiger partial charge in [-0.25, -0.2) is 0 Å². The number of carbonyl (C=O) groups excluding carboxylic acids is 2. The Bertz CT molecular complexity index is 814. The zero-order chi connectivity index (χ0) is 19.9. The van der Waals surface area contributed by atoms with Gasteiger partial charge in [-0.3, -0.25) is 9.59 Å². The van der Waals surface area contributed by atoms with Crippen molar-refractivity contribution in [3.05, 3.63) is 65.2 Å². The van der Waals surface area contributed by atoms with E-state index in [4.69, 9.17) is 9.47 Å². The van der Waals surface area contributed by atoms with Gasteiger partial charge < -0.3 is 19.7 Å². The monoisotopic (exact) mass is 382 g/mol. The molecule has 1 aliphatic heterocycles. The first-order chi connectivity index (χ1) is 13.6. The summed E-state index contributed by atoms with van der Waals surface area (Å²) < 4.78 is 11.4. The Morgan fingerprint density at radius 1 is 1.18 bits per heavy atom. The lowest BCUT2D eigenvalue weighted by Gasteiger charge is -2.18. The highest BCUT2D eigenvalue weighted by Crippen LogP contribution is 2.18. The predicted molar refractivity (Wildman–Crippen MR) is 107 cm³/mol. The summed E-state index contributed by atoms with van der Waals surface area (Å²) in [4.78, 5) is 26.0. The molecular formula is C22H26N2O4. The van der Waals surface area contributed by atoms with Gasteiger partial charge in [0.25, 0.3) is 11.8 Å². The van der Waals surface area contributed by atoms with Crippen LogP contribution in [-0.2, 0) is 11.3 Å². The molecule has 3 rings (SSSR count). The topological polar surface area (TPSA) is 67.9 Å². The summed E-state index contributed by atoms with van der Waals surface area (Å²) in [5.74, 6) is 0.457. The maximum Gasteiger partial charge on any atom is 0.254 e. The van der Waals surface area contributed by atoms with E-state index >= 15 is 0 Å². The molecule has 0 aromatic heterocycles. The highest BCUT2D eigenvalue weighted by atomic mass is 16.5. The average Bonchev–Trinajstić information content (AvgIpc) is 3.25. The molecule has 1 N–H and O–H groups in total. The van der Waals surface area contributed by atoms with Crippen molar-refractivity contribution in [1.82, 2.24) is 10.2 Å². The molecule has 6 nitrogen and oxygen atoms in total. The van der Waals surface area contributed by atoms with Crippen LogP contribution in [-0.4, -0.2) is 50.1 Å². The Balaban J connectivity index is 1.59. The minimum absolute atomic E-state index is 0.0852. The van der Waals surface area contributed by atoms with Crippen LogP contribution in [0.3, 0.4) is 0 Å². The van der Waals surface area contributed by atoms with Crippen molar-refractivity contribution in [1.29, 1.82) is 0 Å². The third kappa shape index (κ3) is 5.10. The lowest BCUT2D eigenvalue weighted by Crippen LogP contribution is -2.26. The van der Waals surface area contributed by atoms with Gasteiger partial charge in [-0.15, -0.1) is 0 Å². The molecule has 1 heterocycles. The molecule has 0 aliphatic carbocycles. The Kier molecular flexibility index (Phi) is 6.66. The van der Waals surface area contributed by atoms with Crippen LogP contribution in [0.1, 0.15) is 39.1 Å². The van der Waals surface area contributed by atoms with Gasteiger partial charge in [0, 0.05) is 38.4 Å². The summed E-state index contributed by atoms with van der Waals surface area (Å²) >= 11 is 0. The van der Waals surface area contributed by atoms with E-state index in [1.54, 1.807) is 43.3 Å². The first kappa shape index (κ1) is 19.9. The van der Waals surface area contributed by atoms with Gasteiger partial charge in [0.2, 0.25) is 0 Å². The van der Waals surface area contributed by atoms with Crippen LogP contribution in [0.25, 0.3) is 0 Å². The fourth-order valence-corrected chi connectivity index (χ4v) is 3.16. The van der Waals surface area contributed by atoms with Crippen molar-refractivity contribution in [3.63, 3.8) is 0 Å². The number of amides is 2. The van der Waals surface area contributed by atoms with Crippen molar-refractivity contribution in [2.45, 2.75) is 25.5 Å². The maximum atomic E-state index is 12.8. The van der Waals surface area contributed by atoms with E-state index in [1.807, 2.05) is 24.3 Å².